The van der Waals surface area contributed by atoms with E-state index in [9.17, 15) is 19.5 Å². The molecule has 1 fully saturated rings. The average Bonchev–Trinajstić information content (AvgIpc) is 2.63. The minimum atomic E-state index is -0.842. The van der Waals surface area contributed by atoms with Gasteiger partial charge in [0.25, 0.3) is 11.8 Å². The smallest absolute Gasteiger partial charge is 0.335 e. The summed E-state index contributed by atoms with van der Waals surface area (Å²) >= 11 is 5.83. The van der Waals surface area contributed by atoms with E-state index in [4.69, 9.17) is 16.3 Å². The van der Waals surface area contributed by atoms with E-state index in [1.165, 1.54) is 48.5 Å². The lowest BCUT2D eigenvalue weighted by molar-refractivity contribution is -0.122. The van der Waals surface area contributed by atoms with Crippen LogP contribution in [0.3, 0.4) is 0 Å². The van der Waals surface area contributed by atoms with Crippen molar-refractivity contribution in [1.82, 2.24) is 5.32 Å². The molecule has 1 aliphatic heterocycles. The first-order chi connectivity index (χ1) is 12.9. The number of imide groups is 2. The maximum atomic E-state index is 12.8. The zero-order valence-electron chi connectivity index (χ0n) is 14.2. The van der Waals surface area contributed by atoms with Crippen LogP contribution in [0.25, 0.3) is 6.08 Å². The van der Waals surface area contributed by atoms with Crippen molar-refractivity contribution < 1.29 is 24.2 Å². The van der Waals surface area contributed by atoms with Gasteiger partial charge in [-0.25, -0.2) is 9.69 Å². The molecule has 0 spiro atoms. The molecular weight excluding hydrogens is 372 g/mol. The maximum Gasteiger partial charge on any atom is 0.335 e. The molecule has 2 aromatic carbocycles. The third-order valence-electron chi connectivity index (χ3n) is 3.78. The third kappa shape index (κ3) is 3.78. The number of rotatable bonds is 4. The molecule has 1 aliphatic rings. The predicted octanol–water partition coefficient (Wildman–Crippen LogP) is 3.11. The van der Waals surface area contributed by atoms with Gasteiger partial charge in [0.05, 0.1) is 12.3 Å². The van der Waals surface area contributed by atoms with Gasteiger partial charge in [0.15, 0.2) is 11.5 Å². The molecule has 1 saturated heterocycles. The number of hydrogen-bond donors (Lipinski definition) is 2. The van der Waals surface area contributed by atoms with Gasteiger partial charge in [-0.2, -0.15) is 0 Å². The molecule has 4 amide bonds. The van der Waals surface area contributed by atoms with Crippen LogP contribution in [0.5, 0.6) is 11.5 Å². The van der Waals surface area contributed by atoms with E-state index in [1.54, 1.807) is 6.92 Å². The molecule has 1 heterocycles. The summed E-state index contributed by atoms with van der Waals surface area (Å²) in [5.74, 6) is -1.41. The van der Waals surface area contributed by atoms with Crippen molar-refractivity contribution in [3.8, 4) is 11.5 Å². The number of amides is 4. The lowest BCUT2D eigenvalue weighted by Crippen LogP contribution is -2.54. The Morgan fingerprint density at radius 1 is 1.15 bits per heavy atom. The zero-order valence-corrected chi connectivity index (χ0v) is 15.0. The summed E-state index contributed by atoms with van der Waals surface area (Å²) in [5.41, 5.74) is 0.513. The van der Waals surface area contributed by atoms with Crippen molar-refractivity contribution in [2.45, 2.75) is 6.92 Å². The summed E-state index contributed by atoms with van der Waals surface area (Å²) in [6.45, 7) is 2.10. The molecule has 3 rings (SSSR count). The van der Waals surface area contributed by atoms with Gasteiger partial charge < -0.3 is 9.84 Å². The molecule has 0 radical (unpaired) electrons. The Kier molecular flexibility index (Phi) is 5.14. The topological polar surface area (TPSA) is 95.9 Å². The number of urea groups is 1. The summed E-state index contributed by atoms with van der Waals surface area (Å²) in [5, 5.41) is 12.4. The zero-order chi connectivity index (χ0) is 19.6. The first-order valence-corrected chi connectivity index (χ1v) is 8.41. The van der Waals surface area contributed by atoms with E-state index < -0.39 is 17.8 Å². The van der Waals surface area contributed by atoms with Crippen LogP contribution >= 0.6 is 11.6 Å². The second-order valence-corrected chi connectivity index (χ2v) is 6.03. The Morgan fingerprint density at radius 3 is 2.52 bits per heavy atom. The molecule has 8 heteroatoms. The largest absolute Gasteiger partial charge is 0.504 e. The number of nitrogens with zero attached hydrogens (tertiary/aromatic N) is 1. The normalized spacial score (nSPS) is 15.9. The van der Waals surface area contributed by atoms with E-state index in [2.05, 4.69) is 5.32 Å². The molecule has 27 heavy (non-hydrogen) atoms. The van der Waals surface area contributed by atoms with Crippen LogP contribution in [0.2, 0.25) is 5.02 Å². The second kappa shape index (κ2) is 7.51. The van der Waals surface area contributed by atoms with Gasteiger partial charge in [0, 0.05) is 5.02 Å². The Morgan fingerprint density at radius 2 is 1.85 bits per heavy atom. The van der Waals surface area contributed by atoms with Gasteiger partial charge in [-0.15, -0.1) is 0 Å². The number of ether oxygens (including phenoxy) is 1. The number of anilines is 1. The number of carbonyl (C=O) groups excluding carboxylic acids is 3. The van der Waals surface area contributed by atoms with Crippen LogP contribution in [-0.2, 0) is 9.59 Å². The van der Waals surface area contributed by atoms with Crippen LogP contribution in [0.1, 0.15) is 12.5 Å². The highest BCUT2D eigenvalue weighted by molar-refractivity contribution is 6.39. The average molecular weight is 387 g/mol. The van der Waals surface area contributed by atoms with Crippen molar-refractivity contribution in [3.63, 3.8) is 0 Å². The molecule has 0 saturated carbocycles. The Labute approximate surface area is 159 Å². The lowest BCUT2D eigenvalue weighted by atomic mass is 10.1. The number of phenolic OH excluding ortho intramolecular Hbond substituents is 1. The van der Waals surface area contributed by atoms with E-state index >= 15 is 0 Å². The SMILES string of the molecule is CCOc1cc(C=C2C(=O)NC(=O)N(c3ccc(Cl)cc3)C2=O)ccc1O. The van der Waals surface area contributed by atoms with Crippen LogP contribution in [0.4, 0.5) is 10.5 Å². The molecule has 2 aromatic rings. The number of barbiturate groups is 1. The highest BCUT2D eigenvalue weighted by Crippen LogP contribution is 2.29. The fraction of sp³-hybridized carbons (Fsp3) is 0.105. The molecule has 0 unspecified atom stereocenters. The van der Waals surface area contributed by atoms with Crippen LogP contribution in [-0.4, -0.2) is 29.6 Å². The molecule has 7 nitrogen and oxygen atoms in total. The minimum absolute atomic E-state index is 0.0589. The summed E-state index contributed by atoms with van der Waals surface area (Å²) in [4.78, 5) is 38.0. The summed E-state index contributed by atoms with van der Waals surface area (Å²) in [7, 11) is 0. The van der Waals surface area contributed by atoms with E-state index in [0.29, 0.717) is 17.2 Å². The summed E-state index contributed by atoms with van der Waals surface area (Å²) < 4.78 is 5.30. The summed E-state index contributed by atoms with van der Waals surface area (Å²) in [6, 6.07) is 9.64. The standard InChI is InChI=1S/C19H15ClN2O5/c1-2-27-16-10-11(3-8-15(16)23)9-14-17(24)21-19(26)22(18(14)25)13-6-4-12(20)5-7-13/h3-10,23H,2H2,1H3,(H,21,24,26). The highest BCUT2D eigenvalue weighted by atomic mass is 35.5. The summed E-state index contributed by atoms with van der Waals surface area (Å²) in [6.07, 6.45) is 1.33. The lowest BCUT2D eigenvalue weighted by Gasteiger charge is -2.26. The fourth-order valence-electron chi connectivity index (χ4n) is 2.54. The molecule has 0 atom stereocenters. The first kappa shape index (κ1) is 18.5. The van der Waals surface area contributed by atoms with Crippen LogP contribution < -0.4 is 15.0 Å². The number of hydrogen-bond acceptors (Lipinski definition) is 5. The number of carbonyl (C=O) groups is 3. The molecule has 0 aromatic heterocycles. The molecule has 138 valence electrons. The molecular formula is C19H15ClN2O5. The van der Waals surface area contributed by atoms with Crippen molar-refractivity contribution >= 4 is 41.2 Å². The predicted molar refractivity (Wildman–Crippen MR) is 99.7 cm³/mol. The third-order valence-corrected chi connectivity index (χ3v) is 4.03. The van der Waals surface area contributed by atoms with Gasteiger partial charge in [-0.1, -0.05) is 17.7 Å². The van der Waals surface area contributed by atoms with Gasteiger partial charge >= 0.3 is 6.03 Å². The first-order valence-electron chi connectivity index (χ1n) is 8.03. The van der Waals surface area contributed by atoms with E-state index in [-0.39, 0.29) is 22.8 Å². The maximum absolute atomic E-state index is 12.8. The number of benzene rings is 2. The van der Waals surface area contributed by atoms with Gasteiger partial charge in [0.1, 0.15) is 5.57 Å². The number of phenols is 1. The highest BCUT2D eigenvalue weighted by Gasteiger charge is 2.36. The number of halogens is 1. The van der Waals surface area contributed by atoms with Gasteiger partial charge in [-0.3, -0.25) is 14.9 Å². The number of nitrogens with one attached hydrogen (secondary N) is 1. The van der Waals surface area contributed by atoms with Crippen molar-refractivity contribution in [2.75, 3.05) is 11.5 Å². The number of aromatic hydroxyl groups is 1. The Bertz CT molecular complexity index is 953. The van der Waals surface area contributed by atoms with Crippen molar-refractivity contribution in [1.29, 1.82) is 0 Å². The quantitative estimate of drug-likeness (QED) is 0.621. The minimum Gasteiger partial charge on any atom is -0.504 e. The Balaban J connectivity index is 1.99. The van der Waals surface area contributed by atoms with Gasteiger partial charge in [-0.05, 0) is 55.0 Å². The van der Waals surface area contributed by atoms with Crippen LogP contribution in [0.15, 0.2) is 48.0 Å². The van der Waals surface area contributed by atoms with E-state index in [0.717, 1.165) is 4.90 Å². The fourth-order valence-corrected chi connectivity index (χ4v) is 2.67. The monoisotopic (exact) mass is 386 g/mol. The van der Waals surface area contributed by atoms with Gasteiger partial charge in [0.2, 0.25) is 0 Å². The molecule has 0 bridgehead atoms. The van der Waals surface area contributed by atoms with E-state index in [1.807, 2.05) is 0 Å². The Hall–Kier alpha value is -3.32. The van der Waals surface area contributed by atoms with Crippen LogP contribution in [0, 0.1) is 0 Å². The van der Waals surface area contributed by atoms with Crippen molar-refractivity contribution in [3.05, 3.63) is 58.6 Å². The second-order valence-electron chi connectivity index (χ2n) is 5.59. The van der Waals surface area contributed by atoms with Crippen molar-refractivity contribution in [2.24, 2.45) is 0 Å². The molecule has 0 aliphatic carbocycles. The molecule has 2 N–H and O–H groups in total.